The Balaban J connectivity index is 0.00000225. The van der Waals surface area contributed by atoms with Crippen LogP contribution in [0.15, 0.2) is 91.1 Å². The average Bonchev–Trinajstić information content (AvgIpc) is 2.75. The number of hydrogen-bond acceptors (Lipinski definition) is 0. The highest BCUT2D eigenvalue weighted by atomic mass is 79.9. The second-order valence-electron chi connectivity index (χ2n) is 7.17. The van der Waals surface area contributed by atoms with Crippen molar-refractivity contribution in [3.63, 3.8) is 0 Å². The highest BCUT2D eigenvalue weighted by molar-refractivity contribution is 5.83. The van der Waals surface area contributed by atoms with Gasteiger partial charge in [-0.2, -0.15) is 0 Å². The maximum atomic E-state index is 3.44. The molecule has 0 radical (unpaired) electrons. The Morgan fingerprint density at radius 3 is 2.07 bits per heavy atom. The summed E-state index contributed by atoms with van der Waals surface area (Å²) in [5, 5.41) is 2.68. The van der Waals surface area contributed by atoms with Crippen LogP contribution in [0.25, 0.3) is 21.9 Å². The van der Waals surface area contributed by atoms with Gasteiger partial charge in [-0.3, -0.25) is 0 Å². The number of pyridine rings is 1. The lowest BCUT2D eigenvalue weighted by molar-refractivity contribution is -0.388. The first-order chi connectivity index (χ1) is 13.4. The van der Waals surface area contributed by atoms with Gasteiger partial charge in [-0.15, -0.1) is 0 Å². The molecule has 0 aliphatic rings. The van der Waals surface area contributed by atoms with Crippen molar-refractivity contribution in [3.8, 4) is 11.1 Å². The minimum atomic E-state index is 0. The first kappa shape index (κ1) is 20.3. The number of halogens is 1. The molecule has 3 aromatic carbocycles. The molecule has 142 valence electrons. The van der Waals surface area contributed by atoms with Gasteiger partial charge in [0.25, 0.3) is 0 Å². The molecule has 4 rings (SSSR count). The lowest BCUT2D eigenvalue weighted by Crippen LogP contribution is -3.00. The zero-order chi connectivity index (χ0) is 18.3. The van der Waals surface area contributed by atoms with Crippen molar-refractivity contribution in [1.82, 2.24) is 0 Å². The van der Waals surface area contributed by atoms with Gasteiger partial charge in [0.15, 0.2) is 11.9 Å². The van der Waals surface area contributed by atoms with Gasteiger partial charge in [-0.1, -0.05) is 79.2 Å². The minimum absolute atomic E-state index is 0. The van der Waals surface area contributed by atoms with Crippen molar-refractivity contribution in [1.29, 1.82) is 0 Å². The molecule has 0 unspecified atom stereocenters. The van der Waals surface area contributed by atoms with E-state index in [9.17, 15) is 0 Å². The zero-order valence-electron chi connectivity index (χ0n) is 16.1. The molecule has 1 heterocycles. The van der Waals surface area contributed by atoms with E-state index in [2.05, 4.69) is 96.1 Å². The molecule has 1 nitrogen and oxygen atoms in total. The Labute approximate surface area is 178 Å². The SMILES string of the molecule is [Br-].c1ccc(-c2ccc(CCCCCc3[nH+]ccc4ccccc34)cc2)cc1. The lowest BCUT2D eigenvalue weighted by atomic mass is 10.0. The average molecular weight is 432 g/mol. The van der Waals surface area contributed by atoms with E-state index in [0.717, 1.165) is 12.8 Å². The van der Waals surface area contributed by atoms with E-state index >= 15 is 0 Å². The molecule has 1 aromatic heterocycles. The summed E-state index contributed by atoms with van der Waals surface area (Å²) in [6.45, 7) is 0. The molecule has 0 bridgehead atoms. The Kier molecular flexibility index (Phi) is 7.39. The van der Waals surface area contributed by atoms with Crippen molar-refractivity contribution in [2.24, 2.45) is 0 Å². The summed E-state index contributed by atoms with van der Waals surface area (Å²) in [7, 11) is 0. The van der Waals surface area contributed by atoms with Gasteiger partial charge < -0.3 is 17.0 Å². The number of hydrogen-bond donors (Lipinski definition) is 0. The van der Waals surface area contributed by atoms with Crippen molar-refractivity contribution in [2.45, 2.75) is 32.1 Å². The van der Waals surface area contributed by atoms with Gasteiger partial charge in [0, 0.05) is 17.9 Å². The molecule has 2 heteroatoms. The monoisotopic (exact) mass is 431 g/mol. The van der Waals surface area contributed by atoms with Gasteiger partial charge in [-0.25, -0.2) is 4.98 Å². The van der Waals surface area contributed by atoms with Crippen LogP contribution in [0.1, 0.15) is 30.5 Å². The second kappa shape index (κ2) is 10.2. The number of nitrogens with one attached hydrogen (secondary N) is 1. The highest BCUT2D eigenvalue weighted by Crippen LogP contribution is 2.20. The maximum Gasteiger partial charge on any atom is 0.187 e. The fraction of sp³-hybridized carbons (Fsp3) is 0.192. The molecule has 1 N–H and O–H groups in total. The molecule has 0 aliphatic heterocycles. The fourth-order valence-corrected chi connectivity index (χ4v) is 3.74. The van der Waals surface area contributed by atoms with Gasteiger partial charge in [0.2, 0.25) is 0 Å². The largest absolute Gasteiger partial charge is 1.00 e. The molecule has 0 atom stereocenters. The van der Waals surface area contributed by atoms with Crippen LogP contribution in [0.3, 0.4) is 0 Å². The Hall–Kier alpha value is -2.45. The lowest BCUT2D eigenvalue weighted by Gasteiger charge is -2.05. The number of aryl methyl sites for hydroxylation is 2. The highest BCUT2D eigenvalue weighted by Gasteiger charge is 2.07. The molecule has 0 aliphatic carbocycles. The van der Waals surface area contributed by atoms with E-state index in [1.54, 1.807) is 0 Å². The van der Waals surface area contributed by atoms with Crippen LogP contribution in [0, 0.1) is 0 Å². The predicted molar refractivity (Wildman–Crippen MR) is 114 cm³/mol. The smallest absolute Gasteiger partial charge is 0.187 e. The summed E-state index contributed by atoms with van der Waals surface area (Å²) >= 11 is 0. The Bertz CT molecular complexity index is 988. The van der Waals surface area contributed by atoms with Gasteiger partial charge >= 0.3 is 0 Å². The van der Waals surface area contributed by atoms with E-state index in [1.807, 2.05) is 0 Å². The molecule has 0 saturated carbocycles. The van der Waals surface area contributed by atoms with Crippen molar-refractivity contribution < 1.29 is 22.0 Å². The summed E-state index contributed by atoms with van der Waals surface area (Å²) in [5.74, 6) is 0. The van der Waals surface area contributed by atoms with Crippen molar-refractivity contribution in [3.05, 3.63) is 102 Å². The van der Waals surface area contributed by atoms with Crippen LogP contribution in [-0.4, -0.2) is 0 Å². The van der Waals surface area contributed by atoms with E-state index in [0.29, 0.717) is 0 Å². The van der Waals surface area contributed by atoms with Crippen LogP contribution in [0.4, 0.5) is 0 Å². The van der Waals surface area contributed by atoms with Crippen molar-refractivity contribution in [2.75, 3.05) is 0 Å². The number of aromatic amines is 1. The van der Waals surface area contributed by atoms with Crippen LogP contribution in [0.5, 0.6) is 0 Å². The summed E-state index contributed by atoms with van der Waals surface area (Å²) in [6.07, 6.45) is 8.08. The standard InChI is InChI=1S/C26H25N.BrH/c1(6-14-26-25-13-8-7-12-24(25)19-20-27-26)3-9-21-15-17-23(18-16-21)22-10-4-2-5-11-22;/h2,4-5,7-8,10-13,15-20H,1,3,6,9,14H2;1H. The first-order valence-electron chi connectivity index (χ1n) is 9.93. The van der Waals surface area contributed by atoms with Crippen molar-refractivity contribution >= 4 is 10.8 Å². The Morgan fingerprint density at radius 1 is 0.571 bits per heavy atom. The second-order valence-corrected chi connectivity index (χ2v) is 7.17. The molecule has 0 amide bonds. The first-order valence-corrected chi connectivity index (χ1v) is 9.93. The van der Waals surface area contributed by atoms with Gasteiger partial charge in [0.05, 0.1) is 0 Å². The number of benzene rings is 3. The third-order valence-corrected chi connectivity index (χ3v) is 5.26. The summed E-state index contributed by atoms with van der Waals surface area (Å²) in [5.41, 5.74) is 5.38. The molecule has 4 aromatic rings. The van der Waals surface area contributed by atoms with Crippen LogP contribution in [-0.2, 0) is 12.8 Å². The van der Waals surface area contributed by atoms with Crippen LogP contribution < -0.4 is 22.0 Å². The predicted octanol–water partition coefficient (Wildman–Crippen LogP) is 3.28. The van der Waals surface area contributed by atoms with Crippen LogP contribution >= 0.6 is 0 Å². The number of fused-ring (bicyclic) bond motifs is 1. The molecule has 0 fully saturated rings. The molecular weight excluding hydrogens is 406 g/mol. The van der Waals surface area contributed by atoms with Gasteiger partial charge in [-0.05, 0) is 47.4 Å². The summed E-state index contributed by atoms with van der Waals surface area (Å²) < 4.78 is 0. The van der Waals surface area contributed by atoms with E-state index in [4.69, 9.17) is 0 Å². The quantitative estimate of drug-likeness (QED) is 0.398. The minimum Gasteiger partial charge on any atom is -1.00 e. The third kappa shape index (κ3) is 5.08. The third-order valence-electron chi connectivity index (χ3n) is 5.26. The fourth-order valence-electron chi connectivity index (χ4n) is 3.74. The molecular formula is C26H26BrN. The Morgan fingerprint density at radius 2 is 1.25 bits per heavy atom. The summed E-state index contributed by atoms with van der Waals surface area (Å²) in [4.78, 5) is 3.44. The topological polar surface area (TPSA) is 14.1 Å². The zero-order valence-corrected chi connectivity index (χ0v) is 17.7. The normalized spacial score (nSPS) is 10.6. The number of rotatable bonds is 7. The molecule has 0 saturated heterocycles. The molecule has 0 spiro atoms. The molecule has 28 heavy (non-hydrogen) atoms. The van der Waals surface area contributed by atoms with E-state index in [1.165, 1.54) is 52.4 Å². The number of aromatic nitrogens is 1. The van der Waals surface area contributed by atoms with E-state index < -0.39 is 0 Å². The van der Waals surface area contributed by atoms with Crippen LogP contribution in [0.2, 0.25) is 0 Å². The summed E-state index contributed by atoms with van der Waals surface area (Å²) in [6, 6.07) is 30.4. The number of unbranched alkanes of at least 4 members (excludes halogenated alkanes) is 2. The van der Waals surface area contributed by atoms with E-state index in [-0.39, 0.29) is 17.0 Å². The maximum absolute atomic E-state index is 3.44. The number of H-pyrrole nitrogens is 1. The van der Waals surface area contributed by atoms with Gasteiger partial charge in [0.1, 0.15) is 0 Å².